The van der Waals surface area contributed by atoms with Crippen LogP contribution in [0.2, 0.25) is 5.02 Å². The number of hydrogen-bond acceptors (Lipinski definition) is 4. The number of H-pyrrole nitrogens is 1. The summed E-state index contributed by atoms with van der Waals surface area (Å²) in [7, 11) is -4.10. The van der Waals surface area contributed by atoms with E-state index in [0.717, 1.165) is 45.1 Å². The monoisotopic (exact) mass is 445 g/mol. The fourth-order valence-electron chi connectivity index (χ4n) is 3.00. The molecule has 0 aliphatic heterocycles. The van der Waals surface area contributed by atoms with Gasteiger partial charge < -0.3 is 14.8 Å². The van der Waals surface area contributed by atoms with Gasteiger partial charge in [-0.3, -0.25) is 9.55 Å². The molecule has 0 saturated heterocycles. The molecule has 0 aliphatic rings. The second kappa shape index (κ2) is 7.94. The van der Waals surface area contributed by atoms with E-state index in [1.807, 2.05) is 49.6 Å². The van der Waals surface area contributed by atoms with Crippen molar-refractivity contribution in [1.29, 1.82) is 0 Å². The maximum atomic E-state index is 11.1. The van der Waals surface area contributed by atoms with E-state index in [0.29, 0.717) is 15.7 Å². The topological polar surface area (TPSA) is 99.1 Å². The minimum Gasteiger partial charge on any atom is -0.333 e. The van der Waals surface area contributed by atoms with E-state index in [9.17, 15) is 4.57 Å². The van der Waals surface area contributed by atoms with Gasteiger partial charge in [0, 0.05) is 23.5 Å². The zero-order valence-electron chi connectivity index (χ0n) is 15.3. The second-order valence-corrected chi connectivity index (χ2v) is 10.1. The van der Waals surface area contributed by atoms with Crippen LogP contribution < -0.4 is 0 Å². The number of aromatic amines is 1. The lowest BCUT2D eigenvalue weighted by molar-refractivity contribution is 0.379. The summed E-state index contributed by atoms with van der Waals surface area (Å²) in [6.45, 7) is 2.01. The molecular formula is C20H17ClN3O3PS. The third kappa shape index (κ3) is 4.71. The Labute approximate surface area is 176 Å². The van der Waals surface area contributed by atoms with Crippen molar-refractivity contribution in [3.63, 3.8) is 0 Å². The fraction of sp³-hybridized carbons (Fsp3) is 0.100. The highest BCUT2D eigenvalue weighted by atomic mass is 35.5. The van der Waals surface area contributed by atoms with Gasteiger partial charge in [-0.15, -0.1) is 0 Å². The van der Waals surface area contributed by atoms with Crippen molar-refractivity contribution in [1.82, 2.24) is 15.0 Å². The van der Waals surface area contributed by atoms with Crippen molar-refractivity contribution >= 4 is 42.0 Å². The predicted octanol–water partition coefficient (Wildman–Crippen LogP) is 5.48. The van der Waals surface area contributed by atoms with E-state index in [2.05, 4.69) is 21.0 Å². The van der Waals surface area contributed by atoms with Crippen LogP contribution in [-0.4, -0.2) is 30.2 Å². The van der Waals surface area contributed by atoms with Gasteiger partial charge >= 0.3 is 7.60 Å². The van der Waals surface area contributed by atoms with Crippen LogP contribution in [0.3, 0.4) is 0 Å². The SMILES string of the molecule is Cc1cncc(-c2ccc(-c3cc4nc(SCP(=O)(O)O)[nH]c4cc3Cl)cc2)c1. The summed E-state index contributed by atoms with van der Waals surface area (Å²) in [6.07, 6.45) is 3.66. The zero-order valence-corrected chi connectivity index (χ0v) is 17.8. The predicted molar refractivity (Wildman–Crippen MR) is 117 cm³/mol. The van der Waals surface area contributed by atoms with Crippen molar-refractivity contribution in [2.45, 2.75) is 12.1 Å². The van der Waals surface area contributed by atoms with E-state index in [4.69, 9.17) is 21.4 Å². The molecule has 0 spiro atoms. The first-order valence-electron chi connectivity index (χ1n) is 8.67. The van der Waals surface area contributed by atoms with Gasteiger partial charge in [-0.2, -0.15) is 0 Å². The number of benzene rings is 2. The Bertz CT molecular complexity index is 1240. The Morgan fingerprint density at radius 2 is 1.79 bits per heavy atom. The van der Waals surface area contributed by atoms with Crippen LogP contribution in [0.15, 0.2) is 60.0 Å². The lowest BCUT2D eigenvalue weighted by atomic mass is 10.0. The smallest absolute Gasteiger partial charge is 0.333 e. The largest absolute Gasteiger partial charge is 0.335 e. The molecule has 29 heavy (non-hydrogen) atoms. The standard InChI is InChI=1S/C20H17ClN3O3PS/c1-12-6-15(10-22-9-12)13-2-4-14(5-3-13)16-7-18-19(8-17(16)21)24-20(23-18)29-11-28(25,26)27/h2-10H,11H2,1H3,(H,23,24)(H2,25,26,27). The number of halogens is 1. The normalized spacial score (nSPS) is 11.9. The van der Waals surface area contributed by atoms with Crippen LogP contribution in [0.25, 0.3) is 33.3 Å². The molecule has 148 valence electrons. The summed E-state index contributed by atoms with van der Waals surface area (Å²) in [5, 5.41) is 1.01. The van der Waals surface area contributed by atoms with Gasteiger partial charge in [0.2, 0.25) is 0 Å². The molecule has 4 aromatic rings. The summed E-state index contributed by atoms with van der Waals surface area (Å²) >= 11 is 7.47. The molecule has 0 fully saturated rings. The zero-order chi connectivity index (χ0) is 20.6. The van der Waals surface area contributed by atoms with Crippen LogP contribution in [-0.2, 0) is 4.57 Å². The van der Waals surface area contributed by atoms with Crippen LogP contribution in [0, 0.1) is 6.92 Å². The first-order chi connectivity index (χ1) is 13.8. The maximum absolute atomic E-state index is 11.1. The Morgan fingerprint density at radius 1 is 1.07 bits per heavy atom. The number of hydrogen-bond donors (Lipinski definition) is 3. The van der Waals surface area contributed by atoms with Crippen LogP contribution in [0.5, 0.6) is 0 Å². The number of imidazole rings is 1. The van der Waals surface area contributed by atoms with Crippen molar-refractivity contribution < 1.29 is 14.4 Å². The quantitative estimate of drug-likeness (QED) is 0.278. The van der Waals surface area contributed by atoms with Gasteiger partial charge in [-0.05, 0) is 41.8 Å². The molecule has 6 nitrogen and oxygen atoms in total. The minimum absolute atomic E-state index is 0.331. The van der Waals surface area contributed by atoms with Crippen LogP contribution >= 0.6 is 31.0 Å². The average molecular weight is 446 g/mol. The third-order valence-corrected chi connectivity index (χ3v) is 6.96. The molecule has 0 atom stereocenters. The Balaban J connectivity index is 1.64. The molecule has 2 aromatic heterocycles. The Hall–Kier alpha value is -2.15. The van der Waals surface area contributed by atoms with Crippen molar-refractivity contribution in [2.75, 3.05) is 5.49 Å². The molecule has 0 radical (unpaired) electrons. The Kier molecular flexibility index (Phi) is 5.51. The summed E-state index contributed by atoms with van der Waals surface area (Å²) in [6, 6.07) is 13.8. The molecule has 2 heterocycles. The molecule has 9 heteroatoms. The minimum atomic E-state index is -4.10. The van der Waals surface area contributed by atoms with E-state index in [-0.39, 0.29) is 5.49 Å². The molecule has 4 rings (SSSR count). The highest BCUT2D eigenvalue weighted by molar-refractivity contribution is 8.04. The molecule has 0 unspecified atom stereocenters. The van der Waals surface area contributed by atoms with Crippen molar-refractivity contribution in [3.8, 4) is 22.3 Å². The maximum Gasteiger partial charge on any atom is 0.335 e. The van der Waals surface area contributed by atoms with E-state index >= 15 is 0 Å². The first-order valence-corrected chi connectivity index (χ1v) is 11.8. The van der Waals surface area contributed by atoms with Gasteiger partial charge in [0.05, 0.1) is 16.1 Å². The van der Waals surface area contributed by atoms with Gasteiger partial charge in [0.1, 0.15) is 5.49 Å². The van der Waals surface area contributed by atoms with Crippen LogP contribution in [0.1, 0.15) is 5.56 Å². The first kappa shape index (κ1) is 20.1. The van der Waals surface area contributed by atoms with Crippen molar-refractivity contribution in [3.05, 3.63) is 65.4 Å². The second-order valence-electron chi connectivity index (χ2n) is 6.66. The lowest BCUT2D eigenvalue weighted by Gasteiger charge is -2.07. The summed E-state index contributed by atoms with van der Waals surface area (Å²) in [5.41, 5.74) is 6.09. The molecule has 0 aliphatic carbocycles. The molecule has 3 N–H and O–H groups in total. The third-order valence-electron chi connectivity index (χ3n) is 4.32. The fourth-order valence-corrected chi connectivity index (χ4v) is 4.78. The summed E-state index contributed by atoms with van der Waals surface area (Å²) in [5.74, 6) is 0. The van der Waals surface area contributed by atoms with Crippen LogP contribution in [0.4, 0.5) is 0 Å². The number of thioether (sulfide) groups is 1. The number of nitrogens with one attached hydrogen (secondary N) is 1. The van der Waals surface area contributed by atoms with E-state index in [1.165, 1.54) is 0 Å². The van der Waals surface area contributed by atoms with E-state index < -0.39 is 7.60 Å². The van der Waals surface area contributed by atoms with E-state index in [1.54, 1.807) is 6.07 Å². The number of aryl methyl sites for hydroxylation is 1. The van der Waals surface area contributed by atoms with Gasteiger partial charge in [-0.1, -0.05) is 47.6 Å². The molecular weight excluding hydrogens is 429 g/mol. The molecule has 0 amide bonds. The highest BCUT2D eigenvalue weighted by Gasteiger charge is 2.16. The lowest BCUT2D eigenvalue weighted by Crippen LogP contribution is -1.84. The number of pyridine rings is 1. The Morgan fingerprint density at radius 3 is 2.48 bits per heavy atom. The summed E-state index contributed by atoms with van der Waals surface area (Å²) < 4.78 is 11.1. The molecule has 2 aromatic carbocycles. The summed E-state index contributed by atoms with van der Waals surface area (Å²) in [4.78, 5) is 29.8. The number of nitrogens with zero attached hydrogens (tertiary/aromatic N) is 2. The molecule has 0 bridgehead atoms. The average Bonchev–Trinajstić information content (AvgIpc) is 3.07. The van der Waals surface area contributed by atoms with Crippen molar-refractivity contribution in [2.24, 2.45) is 0 Å². The highest BCUT2D eigenvalue weighted by Crippen LogP contribution is 2.41. The number of aromatic nitrogens is 3. The van der Waals surface area contributed by atoms with Gasteiger partial charge in [0.25, 0.3) is 0 Å². The van der Waals surface area contributed by atoms with Gasteiger partial charge in [-0.25, -0.2) is 4.98 Å². The number of fused-ring (bicyclic) bond motifs is 1. The van der Waals surface area contributed by atoms with Gasteiger partial charge in [0.15, 0.2) is 5.16 Å². The molecule has 0 saturated carbocycles. The number of rotatable bonds is 5.